The minimum absolute atomic E-state index is 0.0246. The highest BCUT2D eigenvalue weighted by Gasteiger charge is 2.21. The van der Waals surface area contributed by atoms with E-state index in [4.69, 9.17) is 0 Å². The van der Waals surface area contributed by atoms with Crippen LogP contribution >= 0.6 is 0 Å². The molecule has 12 heteroatoms. The number of hydrazine groups is 1. The van der Waals surface area contributed by atoms with Crippen molar-refractivity contribution in [3.8, 4) is 0 Å². The lowest BCUT2D eigenvalue weighted by atomic mass is 10.1. The third-order valence-electron chi connectivity index (χ3n) is 3.62. The Kier molecular flexibility index (Phi) is 6.80. The number of sulfonamides is 1. The molecule has 0 unspecified atom stereocenters. The normalized spacial score (nSPS) is 11.2. The second-order valence-corrected chi connectivity index (χ2v) is 7.71. The maximum atomic E-state index is 14.4. The summed E-state index contributed by atoms with van der Waals surface area (Å²) in [5, 5.41) is 0. The molecule has 0 heterocycles. The quantitative estimate of drug-likeness (QED) is 0.538. The van der Waals surface area contributed by atoms with Gasteiger partial charge in [-0.2, -0.15) is 8.78 Å². The number of alkyl halides is 2. The second kappa shape index (κ2) is 8.90. The lowest BCUT2D eigenvalue weighted by Gasteiger charge is -2.23. The Balaban J connectivity index is 2.22. The van der Waals surface area contributed by atoms with E-state index in [1.54, 1.807) is 5.43 Å². The molecule has 2 amide bonds. The molecule has 0 spiro atoms. The van der Waals surface area contributed by atoms with Gasteiger partial charge in [0, 0.05) is 11.1 Å². The summed E-state index contributed by atoms with van der Waals surface area (Å²) in [4.78, 5) is 22.5. The van der Waals surface area contributed by atoms with E-state index in [0.29, 0.717) is 0 Å². The first-order valence-electron chi connectivity index (χ1n) is 7.89. The van der Waals surface area contributed by atoms with Crippen LogP contribution in [0.4, 0.5) is 23.2 Å². The molecule has 0 saturated heterocycles. The van der Waals surface area contributed by atoms with Gasteiger partial charge in [-0.25, -0.2) is 17.2 Å². The molecule has 0 aliphatic carbocycles. The fraction of sp³-hybridized carbons (Fsp3) is 0.176. The maximum absolute atomic E-state index is 14.4. The van der Waals surface area contributed by atoms with E-state index in [1.165, 1.54) is 17.6 Å². The Labute approximate surface area is 163 Å². The van der Waals surface area contributed by atoms with Crippen LogP contribution in [0.5, 0.6) is 0 Å². The van der Waals surface area contributed by atoms with Crippen LogP contribution in [0.2, 0.25) is 0 Å². The first-order valence-corrected chi connectivity index (χ1v) is 9.74. The number of halogens is 4. The summed E-state index contributed by atoms with van der Waals surface area (Å²) in [5.41, 5.74) is 2.69. The molecule has 2 aromatic rings. The van der Waals surface area contributed by atoms with Crippen LogP contribution in [0.1, 0.15) is 15.9 Å². The molecule has 156 valence electrons. The van der Waals surface area contributed by atoms with Crippen LogP contribution in [-0.2, 0) is 21.4 Å². The van der Waals surface area contributed by atoms with Gasteiger partial charge in [-0.1, -0.05) is 12.1 Å². The van der Waals surface area contributed by atoms with Crippen LogP contribution in [0.3, 0.4) is 0 Å². The number of anilines is 1. The standard InChI is InChI=1S/C17H15F4N3O4S/c1-29(27,28)24(13-4-2-3-12(18)8-13)9-11-6-5-10(7-14(11)19)16(25)22-23-17(26)15(20)21/h2-8,15H,9H2,1H3,(H,22,25)(H,23,26). The van der Waals surface area contributed by atoms with Gasteiger partial charge in [0.1, 0.15) is 11.6 Å². The van der Waals surface area contributed by atoms with E-state index in [1.807, 2.05) is 0 Å². The van der Waals surface area contributed by atoms with Gasteiger partial charge in [-0.3, -0.25) is 24.7 Å². The van der Waals surface area contributed by atoms with Crippen molar-refractivity contribution >= 4 is 27.5 Å². The highest BCUT2D eigenvalue weighted by Crippen LogP contribution is 2.23. The van der Waals surface area contributed by atoms with Crippen molar-refractivity contribution in [2.24, 2.45) is 0 Å². The molecule has 2 aromatic carbocycles. The highest BCUT2D eigenvalue weighted by molar-refractivity contribution is 7.92. The molecule has 7 nitrogen and oxygen atoms in total. The third kappa shape index (κ3) is 5.91. The number of rotatable bonds is 6. The Morgan fingerprint density at radius 2 is 1.76 bits per heavy atom. The van der Waals surface area contributed by atoms with E-state index < -0.39 is 46.4 Å². The van der Waals surface area contributed by atoms with Gasteiger partial charge >= 0.3 is 12.3 Å². The first-order chi connectivity index (χ1) is 13.5. The number of benzene rings is 2. The Morgan fingerprint density at radius 3 is 2.31 bits per heavy atom. The van der Waals surface area contributed by atoms with Crippen molar-refractivity contribution in [2.45, 2.75) is 13.0 Å². The predicted molar refractivity (Wildman–Crippen MR) is 95.4 cm³/mol. The SMILES string of the molecule is CS(=O)(=O)N(Cc1ccc(C(=O)NNC(=O)C(F)F)cc1F)c1cccc(F)c1. The molecule has 0 radical (unpaired) electrons. The van der Waals surface area contributed by atoms with Crippen molar-refractivity contribution in [3.05, 3.63) is 65.2 Å². The fourth-order valence-electron chi connectivity index (χ4n) is 2.25. The zero-order chi connectivity index (χ0) is 21.8. The Hall–Kier alpha value is -3.15. The second-order valence-electron chi connectivity index (χ2n) is 5.80. The minimum atomic E-state index is -3.90. The summed E-state index contributed by atoms with van der Waals surface area (Å²) >= 11 is 0. The molecule has 0 bridgehead atoms. The number of nitrogens with one attached hydrogen (secondary N) is 2. The van der Waals surface area contributed by atoms with Crippen molar-refractivity contribution in [1.82, 2.24) is 10.9 Å². The van der Waals surface area contributed by atoms with Crippen LogP contribution in [0, 0.1) is 11.6 Å². The molecule has 2 N–H and O–H groups in total. The summed E-state index contributed by atoms with van der Waals surface area (Å²) in [7, 11) is -3.90. The molecular formula is C17H15F4N3O4S. The molecule has 0 aromatic heterocycles. The highest BCUT2D eigenvalue weighted by atomic mass is 32.2. The summed E-state index contributed by atoms with van der Waals surface area (Å²) in [6.07, 6.45) is -2.48. The van der Waals surface area contributed by atoms with Gasteiger partial charge in [-0.15, -0.1) is 0 Å². The molecule has 0 saturated carbocycles. The number of hydrogen-bond donors (Lipinski definition) is 2. The monoisotopic (exact) mass is 433 g/mol. The molecule has 0 fully saturated rings. The molecule has 29 heavy (non-hydrogen) atoms. The van der Waals surface area contributed by atoms with E-state index in [0.717, 1.165) is 40.9 Å². The average Bonchev–Trinajstić information content (AvgIpc) is 2.63. The largest absolute Gasteiger partial charge is 0.317 e. The zero-order valence-corrected chi connectivity index (χ0v) is 15.6. The van der Waals surface area contributed by atoms with E-state index in [9.17, 15) is 35.6 Å². The lowest BCUT2D eigenvalue weighted by molar-refractivity contribution is -0.132. The number of carbonyl (C=O) groups is 2. The minimum Gasteiger partial charge on any atom is -0.267 e. The van der Waals surface area contributed by atoms with Crippen molar-refractivity contribution < 1.29 is 35.6 Å². The van der Waals surface area contributed by atoms with Crippen LogP contribution < -0.4 is 15.2 Å². The molecule has 0 aliphatic heterocycles. The van der Waals surface area contributed by atoms with E-state index >= 15 is 0 Å². The third-order valence-corrected chi connectivity index (χ3v) is 4.76. The average molecular weight is 433 g/mol. The van der Waals surface area contributed by atoms with Gasteiger partial charge in [0.2, 0.25) is 10.0 Å². The molecule has 0 aliphatic rings. The van der Waals surface area contributed by atoms with Crippen molar-refractivity contribution in [1.29, 1.82) is 0 Å². The van der Waals surface area contributed by atoms with E-state index in [2.05, 4.69) is 0 Å². The van der Waals surface area contributed by atoms with Gasteiger partial charge in [0.25, 0.3) is 5.91 Å². The smallest absolute Gasteiger partial charge is 0.267 e. The number of hydrogen-bond acceptors (Lipinski definition) is 4. The predicted octanol–water partition coefficient (Wildman–Crippen LogP) is 1.96. The molecule has 2 rings (SSSR count). The number of amides is 2. The Bertz CT molecular complexity index is 1030. The van der Waals surface area contributed by atoms with Crippen LogP contribution in [0.15, 0.2) is 42.5 Å². The zero-order valence-electron chi connectivity index (χ0n) is 14.8. The lowest BCUT2D eigenvalue weighted by Crippen LogP contribution is -2.44. The summed E-state index contributed by atoms with van der Waals surface area (Å²) in [5.74, 6) is -4.46. The topological polar surface area (TPSA) is 95.6 Å². The van der Waals surface area contributed by atoms with Gasteiger partial charge in [-0.05, 0) is 30.3 Å². The first kappa shape index (κ1) is 22.1. The number of nitrogens with zero attached hydrogens (tertiary/aromatic N) is 1. The van der Waals surface area contributed by atoms with Gasteiger partial charge in [0.15, 0.2) is 0 Å². The van der Waals surface area contributed by atoms with Crippen molar-refractivity contribution in [2.75, 3.05) is 10.6 Å². The summed E-state index contributed by atoms with van der Waals surface area (Å²) in [6, 6.07) is 7.66. The van der Waals surface area contributed by atoms with Gasteiger partial charge in [0.05, 0.1) is 18.5 Å². The van der Waals surface area contributed by atoms with Crippen molar-refractivity contribution in [3.63, 3.8) is 0 Å². The van der Waals surface area contributed by atoms with Crippen LogP contribution in [0.25, 0.3) is 0 Å². The summed E-state index contributed by atoms with van der Waals surface area (Å²) in [6.45, 7) is -0.488. The van der Waals surface area contributed by atoms with Crippen LogP contribution in [-0.4, -0.2) is 32.9 Å². The van der Waals surface area contributed by atoms with Gasteiger partial charge < -0.3 is 0 Å². The Morgan fingerprint density at radius 1 is 1.07 bits per heavy atom. The molecule has 0 atom stereocenters. The fourth-order valence-corrected chi connectivity index (χ4v) is 3.12. The summed E-state index contributed by atoms with van der Waals surface area (Å²) < 4.78 is 76.9. The number of carbonyl (C=O) groups excluding carboxylic acids is 2. The molecular weight excluding hydrogens is 418 g/mol. The maximum Gasteiger partial charge on any atom is 0.317 e. The van der Waals surface area contributed by atoms with E-state index in [-0.39, 0.29) is 16.8 Å².